The fraction of sp³-hybridized carbons (Fsp3) is 0.174. The predicted octanol–water partition coefficient (Wildman–Crippen LogP) is 4.31. The summed E-state index contributed by atoms with van der Waals surface area (Å²) in [6.45, 7) is 4.92. The molecule has 0 N–H and O–H groups in total. The molecule has 3 aromatic rings. The van der Waals surface area contributed by atoms with Crippen LogP contribution in [-0.4, -0.2) is 33.7 Å². The predicted molar refractivity (Wildman–Crippen MR) is 111 cm³/mol. The van der Waals surface area contributed by atoms with E-state index in [1.807, 2.05) is 80.7 Å². The number of hydrogen-bond donors (Lipinski definition) is 0. The SMILES string of the molecule is CCN(CC)C(=O)C(C#N)=Cc1cn(-c2ccccc2)nc1-c1ccccc1. The highest BCUT2D eigenvalue weighted by Gasteiger charge is 2.18. The first-order chi connectivity index (χ1) is 13.7. The minimum absolute atomic E-state index is 0.105. The highest BCUT2D eigenvalue weighted by Crippen LogP contribution is 2.26. The van der Waals surface area contributed by atoms with Crippen LogP contribution in [0.25, 0.3) is 23.0 Å². The van der Waals surface area contributed by atoms with Gasteiger partial charge in [0.15, 0.2) is 0 Å². The van der Waals surface area contributed by atoms with Gasteiger partial charge < -0.3 is 4.90 Å². The van der Waals surface area contributed by atoms with Gasteiger partial charge in [0, 0.05) is 30.4 Å². The Labute approximate surface area is 165 Å². The van der Waals surface area contributed by atoms with Crippen LogP contribution >= 0.6 is 0 Å². The Balaban J connectivity index is 2.12. The first-order valence-electron chi connectivity index (χ1n) is 9.29. The molecule has 0 spiro atoms. The Morgan fingerprint density at radius 3 is 2.25 bits per heavy atom. The largest absolute Gasteiger partial charge is 0.339 e. The van der Waals surface area contributed by atoms with Crippen LogP contribution in [0.4, 0.5) is 0 Å². The van der Waals surface area contributed by atoms with Crippen LogP contribution in [0.3, 0.4) is 0 Å². The zero-order valence-electron chi connectivity index (χ0n) is 16.0. The van der Waals surface area contributed by atoms with Crippen molar-refractivity contribution in [3.63, 3.8) is 0 Å². The summed E-state index contributed by atoms with van der Waals surface area (Å²) in [7, 11) is 0. The summed E-state index contributed by atoms with van der Waals surface area (Å²) >= 11 is 0. The number of nitriles is 1. The lowest BCUT2D eigenvalue weighted by Crippen LogP contribution is -2.31. The molecule has 0 saturated carbocycles. The monoisotopic (exact) mass is 370 g/mol. The van der Waals surface area contributed by atoms with Crippen LogP contribution in [0, 0.1) is 11.3 Å². The van der Waals surface area contributed by atoms with E-state index in [4.69, 9.17) is 5.10 Å². The van der Waals surface area contributed by atoms with Crippen molar-refractivity contribution in [1.82, 2.24) is 14.7 Å². The van der Waals surface area contributed by atoms with Gasteiger partial charge in [0.2, 0.25) is 0 Å². The molecule has 28 heavy (non-hydrogen) atoms. The van der Waals surface area contributed by atoms with Crippen molar-refractivity contribution in [2.24, 2.45) is 0 Å². The summed E-state index contributed by atoms with van der Waals surface area (Å²) in [5, 5.41) is 14.3. The molecular weight excluding hydrogens is 348 g/mol. The Kier molecular flexibility index (Phi) is 6.03. The van der Waals surface area contributed by atoms with E-state index in [1.165, 1.54) is 0 Å². The standard InChI is InChI=1S/C23H22N4O/c1-3-26(4-2)23(28)19(16-24)15-20-17-27(21-13-9-6-10-14-21)25-22(20)18-11-7-5-8-12-18/h5-15,17H,3-4H2,1-2H3. The lowest BCUT2D eigenvalue weighted by atomic mass is 10.1. The highest BCUT2D eigenvalue weighted by atomic mass is 16.2. The van der Waals surface area contributed by atoms with Crippen LogP contribution in [0.15, 0.2) is 72.4 Å². The molecule has 3 rings (SSSR count). The number of carbonyl (C=O) groups is 1. The van der Waals surface area contributed by atoms with E-state index in [1.54, 1.807) is 15.7 Å². The molecule has 1 amide bonds. The van der Waals surface area contributed by atoms with Gasteiger partial charge in [0.25, 0.3) is 5.91 Å². The van der Waals surface area contributed by atoms with Crippen LogP contribution in [0.1, 0.15) is 19.4 Å². The van der Waals surface area contributed by atoms with E-state index in [9.17, 15) is 10.1 Å². The fourth-order valence-electron chi connectivity index (χ4n) is 3.00. The van der Waals surface area contributed by atoms with Gasteiger partial charge >= 0.3 is 0 Å². The highest BCUT2D eigenvalue weighted by molar-refractivity contribution is 6.02. The maximum absolute atomic E-state index is 12.7. The molecule has 0 atom stereocenters. The van der Waals surface area contributed by atoms with E-state index in [0.717, 1.165) is 22.5 Å². The maximum atomic E-state index is 12.7. The third-order valence-electron chi connectivity index (χ3n) is 4.51. The fourth-order valence-corrected chi connectivity index (χ4v) is 3.00. The van der Waals surface area contributed by atoms with Crippen LogP contribution in [0.5, 0.6) is 0 Å². The van der Waals surface area contributed by atoms with Crippen molar-refractivity contribution in [1.29, 1.82) is 5.26 Å². The van der Waals surface area contributed by atoms with Gasteiger partial charge in [-0.2, -0.15) is 10.4 Å². The van der Waals surface area contributed by atoms with Gasteiger partial charge in [-0.15, -0.1) is 0 Å². The van der Waals surface area contributed by atoms with E-state index >= 15 is 0 Å². The van der Waals surface area contributed by atoms with Crippen LogP contribution < -0.4 is 0 Å². The van der Waals surface area contributed by atoms with Gasteiger partial charge in [0.05, 0.1) is 11.4 Å². The Morgan fingerprint density at radius 2 is 1.68 bits per heavy atom. The van der Waals surface area contributed by atoms with Gasteiger partial charge in [-0.25, -0.2) is 4.68 Å². The minimum Gasteiger partial charge on any atom is -0.339 e. The normalized spacial score (nSPS) is 11.1. The summed E-state index contributed by atoms with van der Waals surface area (Å²) in [5.74, 6) is -0.265. The lowest BCUT2D eigenvalue weighted by molar-refractivity contribution is -0.126. The van der Waals surface area contributed by atoms with Gasteiger partial charge in [-0.1, -0.05) is 48.5 Å². The van der Waals surface area contributed by atoms with Gasteiger partial charge in [0.1, 0.15) is 11.6 Å². The summed E-state index contributed by atoms with van der Waals surface area (Å²) in [6.07, 6.45) is 3.49. The molecule has 1 heterocycles. The molecule has 0 unspecified atom stereocenters. The second-order valence-electron chi connectivity index (χ2n) is 6.23. The number of aromatic nitrogens is 2. The molecule has 2 aromatic carbocycles. The van der Waals surface area contributed by atoms with E-state index in [0.29, 0.717) is 13.1 Å². The molecule has 0 aliphatic carbocycles. The number of carbonyl (C=O) groups excluding carboxylic acids is 1. The Morgan fingerprint density at radius 1 is 1.07 bits per heavy atom. The summed E-state index contributed by atoms with van der Waals surface area (Å²) in [4.78, 5) is 14.3. The van der Waals surface area contributed by atoms with Crippen molar-refractivity contribution in [2.75, 3.05) is 13.1 Å². The molecular formula is C23H22N4O. The van der Waals surface area contributed by atoms with Crippen LogP contribution in [0.2, 0.25) is 0 Å². The zero-order valence-corrected chi connectivity index (χ0v) is 16.0. The van der Waals surface area contributed by atoms with E-state index < -0.39 is 0 Å². The van der Waals surface area contributed by atoms with Gasteiger partial charge in [-0.3, -0.25) is 4.79 Å². The Bertz CT molecular complexity index is 1010. The number of benzene rings is 2. The molecule has 0 radical (unpaired) electrons. The number of nitrogens with zero attached hydrogens (tertiary/aromatic N) is 4. The molecule has 0 aliphatic rings. The van der Waals surface area contributed by atoms with E-state index in [2.05, 4.69) is 6.07 Å². The molecule has 0 saturated heterocycles. The topological polar surface area (TPSA) is 61.9 Å². The first kappa shape index (κ1) is 19.1. The molecule has 1 aromatic heterocycles. The molecule has 5 nitrogen and oxygen atoms in total. The maximum Gasteiger partial charge on any atom is 0.264 e. The molecule has 5 heteroatoms. The van der Waals surface area contributed by atoms with Crippen LogP contribution in [-0.2, 0) is 4.79 Å². The summed E-state index contributed by atoms with van der Waals surface area (Å²) in [5.41, 5.74) is 3.40. The van der Waals surface area contributed by atoms with Gasteiger partial charge in [-0.05, 0) is 32.1 Å². The third kappa shape index (κ3) is 4.02. The van der Waals surface area contributed by atoms with Crippen molar-refractivity contribution >= 4 is 12.0 Å². The molecule has 0 bridgehead atoms. The molecule has 0 fully saturated rings. The second-order valence-corrected chi connectivity index (χ2v) is 6.23. The van der Waals surface area contributed by atoms with Crippen molar-refractivity contribution in [3.8, 4) is 23.0 Å². The zero-order chi connectivity index (χ0) is 19.9. The lowest BCUT2D eigenvalue weighted by Gasteiger charge is -2.17. The first-order valence-corrected chi connectivity index (χ1v) is 9.29. The number of likely N-dealkylation sites (N-methyl/N-ethyl adjacent to an activating group) is 1. The Hall–Kier alpha value is -3.65. The number of hydrogen-bond acceptors (Lipinski definition) is 3. The summed E-state index contributed by atoms with van der Waals surface area (Å²) in [6, 6.07) is 21.6. The summed E-state index contributed by atoms with van der Waals surface area (Å²) < 4.78 is 1.77. The van der Waals surface area contributed by atoms with Crippen molar-refractivity contribution in [3.05, 3.63) is 78.0 Å². The van der Waals surface area contributed by atoms with Crippen molar-refractivity contribution in [2.45, 2.75) is 13.8 Å². The average Bonchev–Trinajstić information content (AvgIpc) is 3.18. The van der Waals surface area contributed by atoms with E-state index in [-0.39, 0.29) is 11.5 Å². The third-order valence-corrected chi connectivity index (χ3v) is 4.51. The number of para-hydroxylation sites is 1. The average molecular weight is 370 g/mol. The quantitative estimate of drug-likeness (QED) is 0.480. The smallest absolute Gasteiger partial charge is 0.264 e. The van der Waals surface area contributed by atoms with Crippen molar-refractivity contribution < 1.29 is 4.79 Å². The number of rotatable bonds is 6. The number of amides is 1. The molecule has 140 valence electrons. The second kappa shape index (κ2) is 8.83. The molecule has 0 aliphatic heterocycles. The minimum atomic E-state index is -0.265.